The number of hydrogen-bond donors (Lipinski definition) is 2. The first-order valence-corrected chi connectivity index (χ1v) is 6.53. The quantitative estimate of drug-likeness (QED) is 0.772. The number of hydrogen-bond acceptors (Lipinski definition) is 4. The van der Waals surface area contributed by atoms with E-state index >= 15 is 0 Å². The van der Waals surface area contributed by atoms with E-state index in [1.165, 1.54) is 13.2 Å². The molecule has 2 N–H and O–H groups in total. The first-order chi connectivity index (χ1) is 8.93. The molecule has 0 saturated heterocycles. The number of nitrogens with zero attached hydrogens (tertiary/aromatic N) is 1. The molecule has 104 valence electrons. The van der Waals surface area contributed by atoms with Gasteiger partial charge in [0, 0.05) is 15.8 Å². The molecule has 1 heterocycles. The van der Waals surface area contributed by atoms with Gasteiger partial charge in [0.05, 0.1) is 18.2 Å². The minimum Gasteiger partial charge on any atom is -0.480 e. The Bertz CT molecular complexity index is 520. The third-order valence-corrected chi connectivity index (χ3v) is 3.23. The van der Waals surface area contributed by atoms with Gasteiger partial charge in [0.25, 0.3) is 0 Å². The van der Waals surface area contributed by atoms with Crippen molar-refractivity contribution in [3.63, 3.8) is 0 Å². The summed E-state index contributed by atoms with van der Waals surface area (Å²) in [5.41, 5.74) is 6.06. The Balaban J connectivity index is 0.000000191. The Kier molecular flexibility index (Phi) is 6.48. The first-order valence-electron chi connectivity index (χ1n) is 5.32. The molecule has 7 heteroatoms. The van der Waals surface area contributed by atoms with Crippen molar-refractivity contribution in [3.8, 4) is 5.88 Å². The Hall–Kier alpha value is -0.910. The van der Waals surface area contributed by atoms with Gasteiger partial charge in [0.1, 0.15) is 5.82 Å². The van der Waals surface area contributed by atoms with E-state index in [1.807, 2.05) is 0 Å². The maximum atomic E-state index is 12.3. The summed E-state index contributed by atoms with van der Waals surface area (Å²) in [7, 11) is 1.46. The number of aromatic nitrogens is 1. The average molecular weight is 323 g/mol. The van der Waals surface area contributed by atoms with Crippen LogP contribution in [0.3, 0.4) is 0 Å². The number of methoxy groups -OCH3 is 1. The first kappa shape index (κ1) is 16.1. The molecule has 0 aliphatic heterocycles. The number of thiol groups is 1. The normalized spacial score (nSPS) is 14.5. The lowest BCUT2D eigenvalue weighted by atomic mass is 10.1. The summed E-state index contributed by atoms with van der Waals surface area (Å²) < 4.78 is 17.1. The highest BCUT2D eigenvalue weighted by Crippen LogP contribution is 2.25. The van der Waals surface area contributed by atoms with E-state index in [4.69, 9.17) is 33.7 Å². The largest absolute Gasteiger partial charge is 0.480 e. The van der Waals surface area contributed by atoms with Crippen molar-refractivity contribution in [2.75, 3.05) is 7.11 Å². The second-order valence-electron chi connectivity index (χ2n) is 3.63. The van der Waals surface area contributed by atoms with Crippen LogP contribution < -0.4 is 10.5 Å². The van der Waals surface area contributed by atoms with E-state index in [-0.39, 0.29) is 0 Å². The molecule has 0 fully saturated rings. The molecule has 1 aromatic heterocycles. The zero-order chi connectivity index (χ0) is 14.4. The monoisotopic (exact) mass is 322 g/mol. The van der Waals surface area contributed by atoms with Crippen LogP contribution in [0.1, 0.15) is 12.8 Å². The summed E-state index contributed by atoms with van der Waals surface area (Å²) in [5.74, 6) is -0.0736. The van der Waals surface area contributed by atoms with Crippen molar-refractivity contribution in [1.82, 2.24) is 4.98 Å². The fourth-order valence-corrected chi connectivity index (χ4v) is 1.90. The SMILES string of the molecule is COc1ncc(F)cc1S.NC1=C(Cl)CCC(Cl)=C1. The van der Waals surface area contributed by atoms with E-state index in [0.29, 0.717) is 16.5 Å². The zero-order valence-electron chi connectivity index (χ0n) is 10.2. The molecular formula is C12H13Cl2FN2OS. The van der Waals surface area contributed by atoms with Crippen LogP contribution in [0.4, 0.5) is 4.39 Å². The Morgan fingerprint density at radius 3 is 2.58 bits per heavy atom. The van der Waals surface area contributed by atoms with Crippen LogP contribution in [0.15, 0.2) is 39.0 Å². The lowest BCUT2D eigenvalue weighted by Crippen LogP contribution is -2.00. The molecule has 0 saturated carbocycles. The second kappa shape index (κ2) is 7.62. The van der Waals surface area contributed by atoms with Gasteiger partial charge in [-0.2, -0.15) is 0 Å². The van der Waals surface area contributed by atoms with Crippen LogP contribution in [0.5, 0.6) is 5.88 Å². The molecule has 19 heavy (non-hydrogen) atoms. The number of halogens is 3. The van der Waals surface area contributed by atoms with Gasteiger partial charge in [-0.15, -0.1) is 12.6 Å². The lowest BCUT2D eigenvalue weighted by molar-refractivity contribution is 0.384. The van der Waals surface area contributed by atoms with E-state index in [1.54, 1.807) is 6.08 Å². The highest BCUT2D eigenvalue weighted by atomic mass is 35.5. The number of ether oxygens (including phenoxy) is 1. The van der Waals surface area contributed by atoms with Crippen molar-refractivity contribution in [3.05, 3.63) is 39.9 Å². The van der Waals surface area contributed by atoms with Crippen molar-refractivity contribution in [2.24, 2.45) is 5.73 Å². The predicted molar refractivity (Wildman–Crippen MR) is 78.2 cm³/mol. The standard InChI is InChI=1S/C6H7Cl2N.C6H6FNOS/c7-4-1-2-5(8)6(9)3-4;1-9-6-5(10)2-4(7)3-8-6/h3H,1-2,9H2;2-3,10H,1H3. The number of allylic oxidation sites excluding steroid dienone is 3. The Morgan fingerprint density at radius 1 is 1.42 bits per heavy atom. The molecule has 0 amide bonds. The molecule has 0 radical (unpaired) electrons. The molecule has 0 spiro atoms. The predicted octanol–water partition coefficient (Wildman–Crippen LogP) is 3.83. The number of rotatable bonds is 1. The third kappa shape index (κ3) is 5.30. The Morgan fingerprint density at radius 2 is 2.11 bits per heavy atom. The number of pyridine rings is 1. The molecular weight excluding hydrogens is 310 g/mol. The summed E-state index contributed by atoms with van der Waals surface area (Å²) in [5, 5.41) is 1.51. The smallest absolute Gasteiger partial charge is 0.226 e. The fourth-order valence-electron chi connectivity index (χ4n) is 1.27. The molecule has 0 aromatic carbocycles. The molecule has 1 aromatic rings. The van der Waals surface area contributed by atoms with Crippen molar-refractivity contribution < 1.29 is 9.13 Å². The fraction of sp³-hybridized carbons (Fsp3) is 0.250. The van der Waals surface area contributed by atoms with E-state index in [9.17, 15) is 4.39 Å². The van der Waals surface area contributed by atoms with Gasteiger partial charge in [0.2, 0.25) is 5.88 Å². The van der Waals surface area contributed by atoms with Gasteiger partial charge in [-0.25, -0.2) is 9.37 Å². The molecule has 0 atom stereocenters. The molecule has 0 unspecified atom stereocenters. The van der Waals surface area contributed by atoms with Crippen LogP contribution >= 0.6 is 35.8 Å². The van der Waals surface area contributed by atoms with Gasteiger partial charge in [0.15, 0.2) is 0 Å². The minimum absolute atomic E-state index is 0.338. The molecule has 3 nitrogen and oxygen atoms in total. The van der Waals surface area contributed by atoms with Gasteiger partial charge in [-0.05, 0) is 25.0 Å². The van der Waals surface area contributed by atoms with Crippen LogP contribution in [0.25, 0.3) is 0 Å². The maximum absolute atomic E-state index is 12.3. The second-order valence-corrected chi connectivity index (χ2v) is 5.06. The van der Waals surface area contributed by atoms with Gasteiger partial charge >= 0.3 is 0 Å². The van der Waals surface area contributed by atoms with Gasteiger partial charge in [-0.1, -0.05) is 23.2 Å². The van der Waals surface area contributed by atoms with Crippen LogP contribution in [0, 0.1) is 5.82 Å². The van der Waals surface area contributed by atoms with Crippen molar-refractivity contribution in [2.45, 2.75) is 17.7 Å². The topological polar surface area (TPSA) is 48.1 Å². The van der Waals surface area contributed by atoms with E-state index in [0.717, 1.165) is 29.1 Å². The van der Waals surface area contributed by atoms with E-state index < -0.39 is 5.82 Å². The summed E-state index contributed by atoms with van der Waals surface area (Å²) in [6, 6.07) is 1.24. The molecule has 1 aliphatic rings. The van der Waals surface area contributed by atoms with Gasteiger partial charge < -0.3 is 10.5 Å². The van der Waals surface area contributed by atoms with E-state index in [2.05, 4.69) is 17.6 Å². The highest BCUT2D eigenvalue weighted by molar-refractivity contribution is 7.80. The average Bonchev–Trinajstić information content (AvgIpc) is 2.35. The number of nitrogens with two attached hydrogens (primary N) is 1. The molecule has 1 aliphatic carbocycles. The Labute approximate surface area is 126 Å². The van der Waals surface area contributed by atoms with Crippen molar-refractivity contribution in [1.29, 1.82) is 0 Å². The third-order valence-electron chi connectivity index (χ3n) is 2.20. The summed E-state index contributed by atoms with van der Waals surface area (Å²) >= 11 is 15.3. The maximum Gasteiger partial charge on any atom is 0.226 e. The molecule has 0 bridgehead atoms. The minimum atomic E-state index is -0.411. The van der Waals surface area contributed by atoms with Crippen LogP contribution in [0.2, 0.25) is 0 Å². The highest BCUT2D eigenvalue weighted by Gasteiger charge is 2.06. The van der Waals surface area contributed by atoms with Crippen LogP contribution in [-0.4, -0.2) is 12.1 Å². The van der Waals surface area contributed by atoms with Crippen LogP contribution in [-0.2, 0) is 0 Å². The summed E-state index contributed by atoms with van der Waals surface area (Å²) in [6.07, 6.45) is 4.38. The van der Waals surface area contributed by atoms with Gasteiger partial charge in [-0.3, -0.25) is 0 Å². The molecule has 2 rings (SSSR count). The summed E-state index contributed by atoms with van der Waals surface area (Å²) in [6.45, 7) is 0. The lowest BCUT2D eigenvalue weighted by Gasteiger charge is -2.07. The zero-order valence-corrected chi connectivity index (χ0v) is 12.6. The van der Waals surface area contributed by atoms with Crippen molar-refractivity contribution >= 4 is 35.8 Å². The summed E-state index contributed by atoms with van der Waals surface area (Å²) in [4.78, 5) is 4.03.